The van der Waals surface area contributed by atoms with E-state index < -0.39 is 0 Å². The van der Waals surface area contributed by atoms with Crippen LogP contribution in [-0.2, 0) is 11.3 Å². The molecule has 4 heterocycles. The summed E-state index contributed by atoms with van der Waals surface area (Å²) in [5, 5.41) is 10.8. The van der Waals surface area contributed by atoms with Crippen LogP contribution >= 0.6 is 0 Å². The van der Waals surface area contributed by atoms with Gasteiger partial charge in [0.25, 0.3) is 11.8 Å². The first-order valence-electron chi connectivity index (χ1n) is 9.08. The van der Waals surface area contributed by atoms with Crippen molar-refractivity contribution in [3.63, 3.8) is 0 Å². The molecule has 0 radical (unpaired) electrons. The molecule has 1 atom stereocenters. The Morgan fingerprint density at radius 1 is 1.40 bits per heavy atom. The second-order valence-corrected chi connectivity index (χ2v) is 7.20. The fourth-order valence-electron chi connectivity index (χ4n) is 4.12. The topological polar surface area (TPSA) is 88.5 Å². The smallest absolute Gasteiger partial charge is 0.272 e. The van der Waals surface area contributed by atoms with Crippen molar-refractivity contribution >= 4 is 11.8 Å². The molecule has 1 aromatic heterocycles. The van der Waals surface area contributed by atoms with Gasteiger partial charge in [-0.05, 0) is 38.8 Å². The Bertz CT molecular complexity index is 672. The van der Waals surface area contributed by atoms with Crippen molar-refractivity contribution in [3.8, 4) is 0 Å². The summed E-state index contributed by atoms with van der Waals surface area (Å²) in [6, 6.07) is 1.60. The number of aromatic nitrogens is 2. The summed E-state index contributed by atoms with van der Waals surface area (Å²) in [6.45, 7) is 3.80. The maximum atomic E-state index is 12.8. The summed E-state index contributed by atoms with van der Waals surface area (Å²) in [5.74, 6) is -0.306. The number of likely N-dealkylation sites (N-methyl/N-ethyl adjacent to an activating group) is 1. The summed E-state index contributed by atoms with van der Waals surface area (Å²) in [4.78, 5) is 26.6. The number of fused-ring (bicyclic) bond motifs is 1. The molecule has 25 heavy (non-hydrogen) atoms. The molecule has 0 saturated carbocycles. The van der Waals surface area contributed by atoms with Gasteiger partial charge in [-0.1, -0.05) is 0 Å². The number of ether oxygens (including phenoxy) is 1. The molecule has 136 valence electrons. The summed E-state index contributed by atoms with van der Waals surface area (Å²) in [6.07, 6.45) is 3.67. The van der Waals surface area contributed by atoms with Crippen molar-refractivity contribution in [1.29, 1.82) is 0 Å². The van der Waals surface area contributed by atoms with Crippen LogP contribution in [0.1, 0.15) is 46.7 Å². The average molecular weight is 347 g/mol. The van der Waals surface area contributed by atoms with Crippen LogP contribution in [0.2, 0.25) is 0 Å². The van der Waals surface area contributed by atoms with E-state index in [1.54, 1.807) is 22.7 Å². The minimum absolute atomic E-state index is 0.00652. The van der Waals surface area contributed by atoms with E-state index in [0.29, 0.717) is 24.5 Å². The standard InChI is InChI=1S/C17H25N5O3/c1-21-8-9-22-13(16(21)24)11-12(20-22)15(23)19-14-3-2-10-25-17(14)4-6-18-7-5-17/h11,14,18H,2-10H2,1H3,(H,19,23). The first-order valence-corrected chi connectivity index (χ1v) is 9.08. The lowest BCUT2D eigenvalue weighted by Crippen LogP contribution is -2.60. The Balaban J connectivity index is 1.51. The Labute approximate surface area is 146 Å². The number of piperidine rings is 1. The number of amides is 2. The lowest BCUT2D eigenvalue weighted by atomic mass is 9.80. The lowest BCUT2D eigenvalue weighted by Gasteiger charge is -2.46. The molecular weight excluding hydrogens is 322 g/mol. The SMILES string of the molecule is CN1CCn2nc(C(=O)NC3CCCOC34CCNCC4)cc2C1=O. The van der Waals surface area contributed by atoms with E-state index in [1.165, 1.54) is 0 Å². The van der Waals surface area contributed by atoms with Crippen LogP contribution in [0.15, 0.2) is 6.07 Å². The number of nitrogens with zero attached hydrogens (tertiary/aromatic N) is 3. The number of carbonyl (C=O) groups excluding carboxylic acids is 2. The zero-order chi connectivity index (χ0) is 17.4. The summed E-state index contributed by atoms with van der Waals surface area (Å²) >= 11 is 0. The fraction of sp³-hybridized carbons (Fsp3) is 0.706. The predicted octanol–water partition coefficient (Wildman–Crippen LogP) is -0.000300. The molecule has 1 aromatic rings. The maximum Gasteiger partial charge on any atom is 0.272 e. The second-order valence-electron chi connectivity index (χ2n) is 7.20. The van der Waals surface area contributed by atoms with Crippen LogP contribution in [0.5, 0.6) is 0 Å². The first-order chi connectivity index (χ1) is 12.1. The normalized spacial score (nSPS) is 25.7. The zero-order valence-corrected chi connectivity index (χ0v) is 14.6. The third kappa shape index (κ3) is 2.93. The third-order valence-corrected chi connectivity index (χ3v) is 5.64. The summed E-state index contributed by atoms with van der Waals surface area (Å²) < 4.78 is 7.76. The largest absolute Gasteiger partial charge is 0.373 e. The minimum atomic E-state index is -0.269. The van der Waals surface area contributed by atoms with Crippen molar-refractivity contribution in [2.75, 3.05) is 33.3 Å². The molecule has 0 aliphatic carbocycles. The van der Waals surface area contributed by atoms with Gasteiger partial charge in [-0.15, -0.1) is 0 Å². The summed E-state index contributed by atoms with van der Waals surface area (Å²) in [5.41, 5.74) is 0.526. The number of carbonyl (C=O) groups is 2. The van der Waals surface area contributed by atoms with Crippen LogP contribution in [0.3, 0.4) is 0 Å². The van der Waals surface area contributed by atoms with Gasteiger partial charge in [-0.3, -0.25) is 14.3 Å². The highest BCUT2D eigenvalue weighted by atomic mass is 16.5. The highest BCUT2D eigenvalue weighted by molar-refractivity contribution is 5.98. The van der Waals surface area contributed by atoms with Gasteiger partial charge in [0, 0.05) is 26.3 Å². The van der Waals surface area contributed by atoms with Crippen LogP contribution < -0.4 is 10.6 Å². The van der Waals surface area contributed by atoms with Crippen molar-refractivity contribution in [2.24, 2.45) is 0 Å². The van der Waals surface area contributed by atoms with Gasteiger partial charge in [-0.25, -0.2) is 0 Å². The van der Waals surface area contributed by atoms with Crippen molar-refractivity contribution in [3.05, 3.63) is 17.5 Å². The molecule has 3 aliphatic rings. The van der Waals surface area contributed by atoms with E-state index in [9.17, 15) is 9.59 Å². The highest BCUT2D eigenvalue weighted by Crippen LogP contribution is 2.33. The molecule has 0 aromatic carbocycles. The fourth-order valence-corrected chi connectivity index (χ4v) is 4.12. The van der Waals surface area contributed by atoms with E-state index in [2.05, 4.69) is 15.7 Å². The van der Waals surface area contributed by atoms with Gasteiger partial charge in [0.1, 0.15) is 5.69 Å². The average Bonchev–Trinajstić information content (AvgIpc) is 3.06. The van der Waals surface area contributed by atoms with Crippen molar-refractivity contribution in [1.82, 2.24) is 25.3 Å². The highest BCUT2D eigenvalue weighted by Gasteiger charge is 2.44. The molecule has 3 aliphatic heterocycles. The molecule has 1 spiro atoms. The lowest BCUT2D eigenvalue weighted by molar-refractivity contribution is -0.114. The molecule has 0 bridgehead atoms. The second kappa shape index (κ2) is 6.42. The van der Waals surface area contributed by atoms with E-state index in [4.69, 9.17) is 4.74 Å². The third-order valence-electron chi connectivity index (χ3n) is 5.64. The molecule has 1 unspecified atom stereocenters. The molecule has 4 rings (SSSR count). The Kier molecular flexibility index (Phi) is 4.24. The monoisotopic (exact) mass is 347 g/mol. The minimum Gasteiger partial charge on any atom is -0.373 e. The number of hydrogen-bond donors (Lipinski definition) is 2. The van der Waals surface area contributed by atoms with Gasteiger partial charge in [0.05, 0.1) is 18.2 Å². The molecule has 2 fully saturated rings. The predicted molar refractivity (Wildman–Crippen MR) is 90.5 cm³/mol. The van der Waals surface area contributed by atoms with Crippen LogP contribution in [-0.4, -0.2) is 71.4 Å². The molecule has 8 heteroatoms. The molecular formula is C17H25N5O3. The molecule has 2 amide bonds. The van der Waals surface area contributed by atoms with E-state index in [0.717, 1.165) is 45.4 Å². The molecule has 2 saturated heterocycles. The maximum absolute atomic E-state index is 12.8. The molecule has 2 N–H and O–H groups in total. The first kappa shape index (κ1) is 16.5. The zero-order valence-electron chi connectivity index (χ0n) is 14.6. The van der Waals surface area contributed by atoms with E-state index in [-0.39, 0.29) is 23.5 Å². The van der Waals surface area contributed by atoms with Crippen LogP contribution in [0.25, 0.3) is 0 Å². The Morgan fingerprint density at radius 2 is 2.20 bits per heavy atom. The van der Waals surface area contributed by atoms with Crippen molar-refractivity contribution < 1.29 is 14.3 Å². The van der Waals surface area contributed by atoms with Gasteiger partial charge < -0.3 is 20.3 Å². The Morgan fingerprint density at radius 3 is 3.00 bits per heavy atom. The number of hydrogen-bond acceptors (Lipinski definition) is 5. The van der Waals surface area contributed by atoms with Crippen LogP contribution in [0, 0.1) is 0 Å². The van der Waals surface area contributed by atoms with Gasteiger partial charge in [0.2, 0.25) is 0 Å². The van der Waals surface area contributed by atoms with Gasteiger partial charge in [-0.2, -0.15) is 5.10 Å². The van der Waals surface area contributed by atoms with Crippen LogP contribution in [0.4, 0.5) is 0 Å². The van der Waals surface area contributed by atoms with Gasteiger partial charge >= 0.3 is 0 Å². The quantitative estimate of drug-likeness (QED) is 0.786. The number of nitrogens with one attached hydrogen (secondary N) is 2. The van der Waals surface area contributed by atoms with E-state index >= 15 is 0 Å². The number of rotatable bonds is 2. The van der Waals surface area contributed by atoms with E-state index in [1.807, 2.05) is 0 Å². The molecule has 8 nitrogen and oxygen atoms in total. The van der Waals surface area contributed by atoms with Crippen molar-refractivity contribution in [2.45, 2.75) is 43.9 Å². The Hall–Kier alpha value is -1.93. The summed E-state index contributed by atoms with van der Waals surface area (Å²) in [7, 11) is 1.76. The van der Waals surface area contributed by atoms with Gasteiger partial charge in [0.15, 0.2) is 5.69 Å².